The van der Waals surface area contributed by atoms with Gasteiger partial charge in [0.05, 0.1) is 30.1 Å². The lowest BCUT2D eigenvalue weighted by molar-refractivity contribution is 0.239. The summed E-state index contributed by atoms with van der Waals surface area (Å²) < 4.78 is 0. The number of aliphatic hydroxyl groups is 1. The predicted molar refractivity (Wildman–Crippen MR) is 59.1 cm³/mol. The maximum absolute atomic E-state index is 9.25. The monoisotopic (exact) mass is 227 g/mol. The molecule has 1 N–H and O–H groups in total. The van der Waals surface area contributed by atoms with Crippen LogP contribution in [0.5, 0.6) is 0 Å². The lowest BCUT2D eigenvalue weighted by Gasteiger charge is -2.34. The van der Waals surface area contributed by atoms with Crippen LogP contribution >= 0.6 is 11.6 Å². The van der Waals surface area contributed by atoms with Gasteiger partial charge in [-0.2, -0.15) is 0 Å². The summed E-state index contributed by atoms with van der Waals surface area (Å²) in [6, 6.07) is 0.153. The van der Waals surface area contributed by atoms with Crippen molar-refractivity contribution in [2.75, 3.05) is 18.1 Å². The average molecular weight is 228 g/mol. The molecule has 0 saturated carbocycles. The van der Waals surface area contributed by atoms with E-state index in [0.29, 0.717) is 11.0 Å². The number of hydrogen-bond donors (Lipinski definition) is 1. The molecule has 5 heteroatoms. The van der Waals surface area contributed by atoms with Crippen molar-refractivity contribution in [3.63, 3.8) is 0 Å². The third-order valence-corrected chi connectivity index (χ3v) is 2.90. The van der Waals surface area contributed by atoms with Crippen molar-refractivity contribution in [3.8, 4) is 0 Å². The van der Waals surface area contributed by atoms with Gasteiger partial charge >= 0.3 is 0 Å². The van der Waals surface area contributed by atoms with E-state index in [1.54, 1.807) is 12.4 Å². The summed E-state index contributed by atoms with van der Waals surface area (Å²) in [4.78, 5) is 10.4. The van der Waals surface area contributed by atoms with Crippen molar-refractivity contribution < 1.29 is 5.11 Å². The zero-order valence-corrected chi connectivity index (χ0v) is 9.19. The van der Waals surface area contributed by atoms with Gasteiger partial charge in [0, 0.05) is 6.54 Å². The molecule has 1 aromatic heterocycles. The number of anilines is 1. The fraction of sp³-hybridized carbons (Fsp3) is 0.600. The molecular formula is C10H14ClN3O. The molecule has 1 aliphatic heterocycles. The first-order valence-electron chi connectivity index (χ1n) is 5.16. The maximum Gasteiger partial charge on any atom is 0.225 e. The largest absolute Gasteiger partial charge is 0.394 e. The summed E-state index contributed by atoms with van der Waals surface area (Å²) in [6.45, 7) is 1.07. The van der Waals surface area contributed by atoms with E-state index in [2.05, 4.69) is 14.9 Å². The van der Waals surface area contributed by atoms with E-state index in [9.17, 15) is 5.11 Å². The molecule has 4 nitrogen and oxygen atoms in total. The second-order valence-electron chi connectivity index (χ2n) is 3.73. The summed E-state index contributed by atoms with van der Waals surface area (Å²) in [7, 11) is 0. The normalized spacial score (nSPS) is 21.7. The fourth-order valence-electron chi connectivity index (χ4n) is 1.91. The second kappa shape index (κ2) is 4.77. The van der Waals surface area contributed by atoms with Crippen molar-refractivity contribution in [2.24, 2.45) is 0 Å². The Morgan fingerprint density at radius 3 is 2.80 bits per heavy atom. The van der Waals surface area contributed by atoms with E-state index in [1.165, 1.54) is 0 Å². The van der Waals surface area contributed by atoms with E-state index in [0.717, 1.165) is 25.8 Å². The van der Waals surface area contributed by atoms with Gasteiger partial charge in [-0.1, -0.05) is 11.6 Å². The molecule has 0 radical (unpaired) electrons. The van der Waals surface area contributed by atoms with E-state index in [-0.39, 0.29) is 12.6 Å². The van der Waals surface area contributed by atoms with Crippen LogP contribution in [0.3, 0.4) is 0 Å². The highest BCUT2D eigenvalue weighted by Gasteiger charge is 2.23. The van der Waals surface area contributed by atoms with Crippen LogP contribution in [-0.2, 0) is 0 Å². The van der Waals surface area contributed by atoms with Crippen LogP contribution in [0.15, 0.2) is 12.4 Å². The lowest BCUT2D eigenvalue weighted by Crippen LogP contribution is -2.42. The van der Waals surface area contributed by atoms with Crippen LogP contribution in [0.2, 0.25) is 5.02 Å². The number of hydrogen-bond acceptors (Lipinski definition) is 4. The molecule has 2 heterocycles. The number of rotatable bonds is 2. The Morgan fingerprint density at radius 2 is 2.13 bits per heavy atom. The number of nitrogens with zero attached hydrogens (tertiary/aromatic N) is 3. The molecule has 0 spiro atoms. The van der Waals surface area contributed by atoms with Crippen LogP contribution in [0.1, 0.15) is 19.3 Å². The number of piperidine rings is 1. The zero-order chi connectivity index (χ0) is 10.7. The summed E-state index contributed by atoms with van der Waals surface area (Å²) in [5.74, 6) is 0.665. The Labute approximate surface area is 93.9 Å². The topological polar surface area (TPSA) is 49.2 Å². The molecule has 1 saturated heterocycles. The minimum Gasteiger partial charge on any atom is -0.394 e. The molecule has 0 unspecified atom stereocenters. The van der Waals surface area contributed by atoms with E-state index >= 15 is 0 Å². The van der Waals surface area contributed by atoms with Crippen LogP contribution in [0.25, 0.3) is 0 Å². The molecule has 1 aliphatic rings. The van der Waals surface area contributed by atoms with Crippen LogP contribution in [-0.4, -0.2) is 34.3 Å². The SMILES string of the molecule is OC[C@H]1CCCCN1c1ncc(Cl)cn1. The molecule has 0 amide bonds. The zero-order valence-electron chi connectivity index (χ0n) is 8.43. The Balaban J connectivity index is 2.16. The summed E-state index contributed by atoms with van der Waals surface area (Å²) in [6.07, 6.45) is 6.47. The highest BCUT2D eigenvalue weighted by molar-refractivity contribution is 6.30. The fourth-order valence-corrected chi connectivity index (χ4v) is 2.01. The molecule has 1 atom stereocenters. The van der Waals surface area contributed by atoms with Crippen LogP contribution < -0.4 is 4.90 Å². The Hall–Kier alpha value is -0.870. The van der Waals surface area contributed by atoms with Gasteiger partial charge in [-0.3, -0.25) is 0 Å². The molecule has 0 aliphatic carbocycles. The van der Waals surface area contributed by atoms with E-state index < -0.39 is 0 Å². The first kappa shape index (κ1) is 10.6. The maximum atomic E-state index is 9.25. The van der Waals surface area contributed by atoms with Gasteiger partial charge in [-0.15, -0.1) is 0 Å². The number of halogens is 1. The third kappa shape index (κ3) is 2.38. The minimum absolute atomic E-state index is 0.153. The van der Waals surface area contributed by atoms with Gasteiger partial charge in [0.15, 0.2) is 0 Å². The molecule has 1 aromatic rings. The number of aliphatic hydroxyl groups excluding tert-OH is 1. The lowest BCUT2D eigenvalue weighted by atomic mass is 10.0. The van der Waals surface area contributed by atoms with Gasteiger partial charge in [0.1, 0.15) is 0 Å². The smallest absolute Gasteiger partial charge is 0.225 e. The van der Waals surface area contributed by atoms with Crippen molar-refractivity contribution in [2.45, 2.75) is 25.3 Å². The standard InChI is InChI=1S/C10H14ClN3O/c11-8-5-12-10(13-6-8)14-4-2-1-3-9(14)7-15/h5-6,9,15H,1-4,7H2/t9-/m1/s1. The van der Waals surface area contributed by atoms with Gasteiger partial charge < -0.3 is 10.0 Å². The van der Waals surface area contributed by atoms with Gasteiger partial charge in [0.25, 0.3) is 0 Å². The average Bonchev–Trinajstić information content (AvgIpc) is 2.30. The van der Waals surface area contributed by atoms with Gasteiger partial charge in [-0.25, -0.2) is 9.97 Å². The van der Waals surface area contributed by atoms with Crippen molar-refractivity contribution in [1.82, 2.24) is 9.97 Å². The molecular weight excluding hydrogens is 214 g/mol. The van der Waals surface area contributed by atoms with E-state index in [1.807, 2.05) is 0 Å². The molecule has 0 bridgehead atoms. The predicted octanol–water partition coefficient (Wildman–Crippen LogP) is 1.48. The third-order valence-electron chi connectivity index (χ3n) is 2.70. The Bertz CT molecular complexity index is 317. The summed E-state index contributed by atoms with van der Waals surface area (Å²) >= 11 is 5.73. The first-order valence-corrected chi connectivity index (χ1v) is 5.54. The Kier molecular flexibility index (Phi) is 3.38. The minimum atomic E-state index is 0.153. The van der Waals surface area contributed by atoms with Gasteiger partial charge in [-0.05, 0) is 19.3 Å². The molecule has 1 fully saturated rings. The molecule has 15 heavy (non-hydrogen) atoms. The second-order valence-corrected chi connectivity index (χ2v) is 4.16. The molecule has 0 aromatic carbocycles. The highest BCUT2D eigenvalue weighted by atomic mass is 35.5. The van der Waals surface area contributed by atoms with Crippen molar-refractivity contribution in [3.05, 3.63) is 17.4 Å². The number of aromatic nitrogens is 2. The Morgan fingerprint density at radius 1 is 1.40 bits per heavy atom. The van der Waals surface area contributed by atoms with Crippen LogP contribution in [0, 0.1) is 0 Å². The van der Waals surface area contributed by atoms with Crippen LogP contribution in [0.4, 0.5) is 5.95 Å². The summed E-state index contributed by atoms with van der Waals surface area (Å²) in [5, 5.41) is 9.79. The molecule has 82 valence electrons. The molecule has 2 rings (SSSR count). The van der Waals surface area contributed by atoms with E-state index in [4.69, 9.17) is 11.6 Å². The summed E-state index contributed by atoms with van der Waals surface area (Å²) in [5.41, 5.74) is 0. The van der Waals surface area contributed by atoms with Crippen molar-refractivity contribution >= 4 is 17.5 Å². The van der Waals surface area contributed by atoms with Gasteiger partial charge in [0.2, 0.25) is 5.95 Å². The quantitative estimate of drug-likeness (QED) is 0.832. The first-order chi connectivity index (χ1) is 7.31. The van der Waals surface area contributed by atoms with Crippen molar-refractivity contribution in [1.29, 1.82) is 0 Å². The highest BCUT2D eigenvalue weighted by Crippen LogP contribution is 2.21.